The van der Waals surface area contributed by atoms with Crippen LogP contribution in [0.1, 0.15) is 33.6 Å². The van der Waals surface area contributed by atoms with Gasteiger partial charge in [-0.2, -0.15) is 0 Å². The maximum atomic E-state index is 15.0. The van der Waals surface area contributed by atoms with Crippen molar-refractivity contribution < 1.29 is 13.5 Å². The highest BCUT2D eigenvalue weighted by molar-refractivity contribution is 5.82. The number of anilines is 5. The first-order valence-electron chi connectivity index (χ1n) is 12.8. The molecule has 1 atom stereocenters. The molecule has 6 rings (SSSR count). The molecule has 1 spiro atoms. The van der Waals surface area contributed by atoms with E-state index in [4.69, 9.17) is 4.74 Å². The van der Waals surface area contributed by atoms with E-state index in [1.54, 1.807) is 6.07 Å². The lowest BCUT2D eigenvalue weighted by molar-refractivity contribution is -0.124. The molecule has 5 heterocycles. The molecular weight excluding hydrogens is 476 g/mol. The van der Waals surface area contributed by atoms with Gasteiger partial charge in [-0.15, -0.1) is 0 Å². The number of piperidine rings is 1. The van der Waals surface area contributed by atoms with Crippen molar-refractivity contribution in [3.63, 3.8) is 0 Å². The van der Waals surface area contributed by atoms with E-state index < -0.39 is 11.6 Å². The Balaban J connectivity index is 1.21. The largest absolute Gasteiger partial charge is 0.380 e. The molecule has 37 heavy (non-hydrogen) atoms. The van der Waals surface area contributed by atoms with Gasteiger partial charge in [-0.1, -0.05) is 0 Å². The Morgan fingerprint density at radius 3 is 2.51 bits per heavy atom. The predicted molar refractivity (Wildman–Crippen MR) is 140 cm³/mol. The van der Waals surface area contributed by atoms with Gasteiger partial charge < -0.3 is 25.2 Å². The van der Waals surface area contributed by atoms with Crippen molar-refractivity contribution in [3.8, 4) is 11.3 Å². The zero-order valence-corrected chi connectivity index (χ0v) is 21.3. The van der Waals surface area contributed by atoms with Gasteiger partial charge in [0.1, 0.15) is 17.3 Å². The predicted octanol–water partition coefficient (Wildman–Crippen LogP) is 5.16. The molecule has 2 aromatic heterocycles. The third-order valence-corrected chi connectivity index (χ3v) is 7.69. The number of aromatic nitrogens is 3. The second kappa shape index (κ2) is 9.09. The molecule has 3 aliphatic heterocycles. The maximum absolute atomic E-state index is 15.0. The summed E-state index contributed by atoms with van der Waals surface area (Å²) in [6.07, 6.45) is 5.11. The lowest BCUT2D eigenvalue weighted by atomic mass is 9.77. The molecule has 2 N–H and O–H groups in total. The van der Waals surface area contributed by atoms with E-state index in [0.717, 1.165) is 51.0 Å². The minimum absolute atomic E-state index is 0.0290. The van der Waals surface area contributed by atoms with E-state index in [1.165, 1.54) is 6.07 Å². The summed E-state index contributed by atoms with van der Waals surface area (Å²) in [5.74, 6) is -0.329. The smallest absolute Gasteiger partial charge is 0.229 e. The Morgan fingerprint density at radius 1 is 1.08 bits per heavy atom. The van der Waals surface area contributed by atoms with E-state index >= 15 is 0 Å². The number of pyridine rings is 1. The van der Waals surface area contributed by atoms with Crippen molar-refractivity contribution in [2.45, 2.75) is 45.8 Å². The Labute approximate surface area is 215 Å². The number of rotatable bonds is 5. The minimum Gasteiger partial charge on any atom is -0.380 e. The van der Waals surface area contributed by atoms with Crippen molar-refractivity contribution in [1.29, 1.82) is 0 Å². The monoisotopic (exact) mass is 507 g/mol. The molecule has 1 aromatic carbocycles. The summed E-state index contributed by atoms with van der Waals surface area (Å²) in [5, 5.41) is 6.22. The van der Waals surface area contributed by atoms with Gasteiger partial charge in [0.15, 0.2) is 5.82 Å². The molecule has 1 unspecified atom stereocenters. The molecule has 0 amide bonds. The summed E-state index contributed by atoms with van der Waals surface area (Å²) in [4.78, 5) is 17.4. The highest BCUT2D eigenvalue weighted by Crippen LogP contribution is 2.42. The van der Waals surface area contributed by atoms with Gasteiger partial charge in [0.2, 0.25) is 5.95 Å². The van der Waals surface area contributed by atoms with Crippen molar-refractivity contribution in [3.05, 3.63) is 48.3 Å². The van der Waals surface area contributed by atoms with Crippen LogP contribution in [0.4, 0.5) is 37.6 Å². The van der Waals surface area contributed by atoms with Gasteiger partial charge in [-0.05, 0) is 57.9 Å². The molecule has 10 heteroatoms. The Hall–Kier alpha value is -3.53. The van der Waals surface area contributed by atoms with Gasteiger partial charge >= 0.3 is 0 Å². The van der Waals surface area contributed by atoms with Crippen LogP contribution in [-0.4, -0.2) is 53.5 Å². The minimum atomic E-state index is -0.622. The van der Waals surface area contributed by atoms with Crippen LogP contribution in [0, 0.1) is 17.0 Å². The quantitative estimate of drug-likeness (QED) is 0.490. The summed E-state index contributed by atoms with van der Waals surface area (Å²) >= 11 is 0. The van der Waals surface area contributed by atoms with Crippen LogP contribution in [0.3, 0.4) is 0 Å². The summed E-state index contributed by atoms with van der Waals surface area (Å²) in [7, 11) is 0. The summed E-state index contributed by atoms with van der Waals surface area (Å²) in [6, 6.07) is 7.10. The molecule has 3 aliphatic rings. The topological polar surface area (TPSA) is 78.4 Å². The van der Waals surface area contributed by atoms with Crippen molar-refractivity contribution in [1.82, 2.24) is 15.0 Å². The summed E-state index contributed by atoms with van der Waals surface area (Å²) in [5.41, 5.74) is 2.94. The third kappa shape index (κ3) is 4.33. The zero-order valence-electron chi connectivity index (χ0n) is 21.3. The normalized spacial score (nSPS) is 20.1. The maximum Gasteiger partial charge on any atom is 0.229 e. The Morgan fingerprint density at radius 2 is 1.86 bits per heavy atom. The van der Waals surface area contributed by atoms with Gasteiger partial charge in [-0.3, -0.25) is 0 Å². The summed E-state index contributed by atoms with van der Waals surface area (Å²) in [6.45, 7) is 9.78. The van der Waals surface area contributed by atoms with Crippen LogP contribution in [0.25, 0.3) is 11.3 Å². The van der Waals surface area contributed by atoms with E-state index in [1.807, 2.05) is 39.1 Å². The average molecular weight is 508 g/mol. The molecule has 0 bridgehead atoms. The second-order valence-corrected chi connectivity index (χ2v) is 10.6. The van der Waals surface area contributed by atoms with Gasteiger partial charge in [0, 0.05) is 30.1 Å². The third-order valence-electron chi connectivity index (χ3n) is 7.69. The second-order valence-electron chi connectivity index (χ2n) is 10.6. The number of hydrogen-bond donors (Lipinski definition) is 2. The zero-order chi connectivity index (χ0) is 25.7. The number of halogens is 2. The number of benzene rings is 1. The Bertz CT molecular complexity index is 1300. The fourth-order valence-electron chi connectivity index (χ4n) is 5.60. The highest BCUT2D eigenvalue weighted by atomic mass is 19.1. The van der Waals surface area contributed by atoms with E-state index in [2.05, 4.69) is 35.4 Å². The van der Waals surface area contributed by atoms with E-state index in [0.29, 0.717) is 28.2 Å². The molecule has 194 valence electrons. The first-order chi connectivity index (χ1) is 17.8. The van der Waals surface area contributed by atoms with Crippen molar-refractivity contribution in [2.75, 3.05) is 46.7 Å². The highest BCUT2D eigenvalue weighted by Gasteiger charge is 2.41. The SMILES string of the molecule is CC(C)N1c2cc(-c3nc(Nc4ccc(N5CCC6(CC5)COC6)cn4)ncc3F)cc(F)c2NC1C. The van der Waals surface area contributed by atoms with Crippen LogP contribution in [0.15, 0.2) is 36.7 Å². The number of nitrogens with zero attached hydrogens (tertiary/aromatic N) is 5. The van der Waals surface area contributed by atoms with Gasteiger partial charge in [0.05, 0.1) is 48.8 Å². The van der Waals surface area contributed by atoms with Crippen LogP contribution < -0.4 is 20.4 Å². The number of fused-ring (bicyclic) bond motifs is 1. The fraction of sp³-hybridized carbons (Fsp3) is 0.444. The lowest BCUT2D eigenvalue weighted by Crippen LogP contribution is -2.50. The molecular formula is C27H31F2N7O. The first kappa shape index (κ1) is 23.8. The van der Waals surface area contributed by atoms with Gasteiger partial charge in [-0.25, -0.2) is 23.7 Å². The first-order valence-corrected chi connectivity index (χ1v) is 12.8. The van der Waals surface area contributed by atoms with Crippen LogP contribution >= 0.6 is 0 Å². The molecule has 0 saturated carbocycles. The Kier molecular flexibility index (Phi) is 5.86. The average Bonchev–Trinajstić information content (AvgIpc) is 3.21. The van der Waals surface area contributed by atoms with E-state index in [9.17, 15) is 8.78 Å². The van der Waals surface area contributed by atoms with Crippen molar-refractivity contribution in [2.24, 2.45) is 5.41 Å². The molecule has 0 radical (unpaired) electrons. The van der Waals surface area contributed by atoms with Gasteiger partial charge in [0.25, 0.3) is 0 Å². The summed E-state index contributed by atoms with van der Waals surface area (Å²) < 4.78 is 35.2. The van der Waals surface area contributed by atoms with Crippen LogP contribution in [0.5, 0.6) is 0 Å². The molecule has 2 fully saturated rings. The number of nitrogens with one attached hydrogen (secondary N) is 2. The number of hydrogen-bond acceptors (Lipinski definition) is 8. The molecule has 3 aromatic rings. The standard InChI is InChI=1S/C27H31F2N7O/c1-16(2)36-17(3)32-25-20(28)10-18(11-22(25)36)24-21(29)13-31-26(34-24)33-23-5-4-19(12-30-23)35-8-6-27(7-9-35)14-37-15-27/h4-5,10-13,16-17,32H,6-9,14-15H2,1-3H3,(H,30,31,33,34). The lowest BCUT2D eigenvalue weighted by Gasteiger charge is -2.47. The number of ether oxygens (including phenoxy) is 1. The van der Waals surface area contributed by atoms with E-state index in [-0.39, 0.29) is 23.8 Å². The van der Waals surface area contributed by atoms with Crippen molar-refractivity contribution >= 4 is 28.8 Å². The van der Waals surface area contributed by atoms with Crippen LogP contribution in [-0.2, 0) is 4.74 Å². The van der Waals surface area contributed by atoms with Crippen LogP contribution in [0.2, 0.25) is 0 Å². The fourth-order valence-corrected chi connectivity index (χ4v) is 5.60. The molecule has 0 aliphatic carbocycles. The molecule has 8 nitrogen and oxygen atoms in total. The molecule has 2 saturated heterocycles.